The van der Waals surface area contributed by atoms with Gasteiger partial charge in [0, 0.05) is 30.6 Å². The lowest BCUT2D eigenvalue weighted by Crippen LogP contribution is -2.35. The average Bonchev–Trinajstić information content (AvgIpc) is 3.04. The van der Waals surface area contributed by atoms with Crippen molar-refractivity contribution in [3.05, 3.63) is 53.6 Å². The topological polar surface area (TPSA) is 79.3 Å². The zero-order valence-electron chi connectivity index (χ0n) is 16.2. The fraction of sp³-hybridized carbons (Fsp3) is 0.300. The minimum Gasteiger partial charge on any atom is -0.494 e. The van der Waals surface area contributed by atoms with Crippen molar-refractivity contribution in [1.29, 1.82) is 0 Å². The molecule has 0 spiro atoms. The first-order chi connectivity index (χ1) is 13.9. The first-order valence-corrected chi connectivity index (χ1v) is 11.7. The molecule has 0 radical (unpaired) electrons. The van der Waals surface area contributed by atoms with Crippen LogP contribution in [0.15, 0.2) is 51.8 Å². The zero-order chi connectivity index (χ0) is 20.6. The Morgan fingerprint density at radius 2 is 2.00 bits per heavy atom. The highest BCUT2D eigenvalue weighted by Crippen LogP contribution is 2.42. The standard InChI is InChI=1S/C20H21N3O4S2/c1-3-27-16-7-4-14(5-8-16)13-22(2)19(24)15-6-9-17-18(12-15)28-20-21-29(25,26)11-10-23(17)20/h4-9,12H,3,10-11,13H2,1-2H3. The normalized spacial score (nSPS) is 16.6. The second-order valence-corrected chi connectivity index (χ2v) is 9.60. The van der Waals surface area contributed by atoms with Crippen LogP contribution in [0.1, 0.15) is 22.8 Å². The summed E-state index contributed by atoms with van der Waals surface area (Å²) >= 11 is 1.29. The van der Waals surface area contributed by atoms with Crippen molar-refractivity contribution >= 4 is 38.5 Å². The van der Waals surface area contributed by atoms with Gasteiger partial charge >= 0.3 is 0 Å². The van der Waals surface area contributed by atoms with E-state index in [1.807, 2.05) is 48.2 Å². The number of amidine groups is 1. The number of hydrogen-bond acceptors (Lipinski definition) is 6. The summed E-state index contributed by atoms with van der Waals surface area (Å²) in [5.41, 5.74) is 2.47. The molecule has 2 aromatic rings. The van der Waals surface area contributed by atoms with Crippen molar-refractivity contribution in [1.82, 2.24) is 4.90 Å². The van der Waals surface area contributed by atoms with Crippen LogP contribution in [-0.2, 0) is 16.6 Å². The molecule has 0 saturated carbocycles. The van der Waals surface area contributed by atoms with Crippen molar-refractivity contribution in [3.63, 3.8) is 0 Å². The highest BCUT2D eigenvalue weighted by molar-refractivity contribution is 8.15. The lowest BCUT2D eigenvalue weighted by molar-refractivity contribution is 0.0785. The van der Waals surface area contributed by atoms with Gasteiger partial charge < -0.3 is 14.5 Å². The summed E-state index contributed by atoms with van der Waals surface area (Å²) < 4.78 is 32.8. The van der Waals surface area contributed by atoms with Gasteiger partial charge in [-0.3, -0.25) is 4.79 Å². The lowest BCUT2D eigenvalue weighted by atomic mass is 10.1. The molecule has 0 saturated heterocycles. The first-order valence-electron chi connectivity index (χ1n) is 9.25. The molecule has 2 aliphatic heterocycles. The molecular formula is C20H21N3O4S2. The van der Waals surface area contributed by atoms with Crippen LogP contribution in [0, 0.1) is 0 Å². The third-order valence-electron chi connectivity index (χ3n) is 4.72. The van der Waals surface area contributed by atoms with Gasteiger partial charge in [0.05, 0.1) is 18.0 Å². The number of sulfonamides is 1. The molecule has 0 aromatic heterocycles. The van der Waals surface area contributed by atoms with E-state index in [-0.39, 0.29) is 11.7 Å². The lowest BCUT2D eigenvalue weighted by Gasteiger charge is -2.22. The van der Waals surface area contributed by atoms with Crippen LogP contribution >= 0.6 is 11.8 Å². The highest BCUT2D eigenvalue weighted by atomic mass is 32.2. The number of thioether (sulfide) groups is 1. The number of carbonyl (C=O) groups is 1. The number of hydrogen-bond donors (Lipinski definition) is 0. The van der Waals surface area contributed by atoms with Gasteiger partial charge in [-0.25, -0.2) is 8.42 Å². The van der Waals surface area contributed by atoms with E-state index in [9.17, 15) is 13.2 Å². The molecule has 0 bridgehead atoms. The predicted molar refractivity (Wildman–Crippen MR) is 114 cm³/mol. The average molecular weight is 432 g/mol. The molecule has 0 N–H and O–H groups in total. The van der Waals surface area contributed by atoms with Gasteiger partial charge in [0.25, 0.3) is 15.9 Å². The monoisotopic (exact) mass is 431 g/mol. The van der Waals surface area contributed by atoms with Crippen LogP contribution in [0.2, 0.25) is 0 Å². The smallest absolute Gasteiger partial charge is 0.257 e. The molecule has 0 unspecified atom stereocenters. The van der Waals surface area contributed by atoms with Crippen molar-refractivity contribution in [2.24, 2.45) is 4.40 Å². The summed E-state index contributed by atoms with van der Waals surface area (Å²) in [6.07, 6.45) is 0. The molecule has 152 valence electrons. The summed E-state index contributed by atoms with van der Waals surface area (Å²) in [4.78, 5) is 17.3. The van der Waals surface area contributed by atoms with E-state index in [0.29, 0.717) is 30.4 Å². The van der Waals surface area contributed by atoms with Gasteiger partial charge in [-0.1, -0.05) is 12.1 Å². The van der Waals surface area contributed by atoms with Gasteiger partial charge in [0.1, 0.15) is 5.75 Å². The van der Waals surface area contributed by atoms with E-state index in [4.69, 9.17) is 4.74 Å². The predicted octanol–water partition coefficient (Wildman–Crippen LogP) is 2.97. The SMILES string of the molecule is CCOc1ccc(CN(C)C(=O)c2ccc3c(c2)SC2=NS(=O)(=O)CCN23)cc1. The van der Waals surface area contributed by atoms with Crippen molar-refractivity contribution in [2.75, 3.05) is 30.9 Å². The number of benzene rings is 2. The molecule has 0 aliphatic carbocycles. The van der Waals surface area contributed by atoms with Crippen LogP contribution in [0.4, 0.5) is 5.69 Å². The third kappa shape index (κ3) is 4.11. The molecule has 0 atom stereocenters. The van der Waals surface area contributed by atoms with Crippen LogP contribution in [0.5, 0.6) is 5.75 Å². The fourth-order valence-corrected chi connectivity index (χ4v) is 5.58. The van der Waals surface area contributed by atoms with Crippen molar-refractivity contribution < 1.29 is 17.9 Å². The van der Waals surface area contributed by atoms with E-state index in [0.717, 1.165) is 21.9 Å². The largest absolute Gasteiger partial charge is 0.494 e. The number of anilines is 1. The molecule has 29 heavy (non-hydrogen) atoms. The molecule has 9 heteroatoms. The maximum absolute atomic E-state index is 12.9. The van der Waals surface area contributed by atoms with Crippen LogP contribution in [0.3, 0.4) is 0 Å². The molecule has 4 rings (SSSR count). The molecule has 0 fully saturated rings. The quantitative estimate of drug-likeness (QED) is 0.724. The van der Waals surface area contributed by atoms with E-state index in [2.05, 4.69) is 4.40 Å². The number of ether oxygens (including phenoxy) is 1. The van der Waals surface area contributed by atoms with Crippen LogP contribution < -0.4 is 9.64 Å². The van der Waals surface area contributed by atoms with Crippen LogP contribution in [-0.4, -0.2) is 50.3 Å². The highest BCUT2D eigenvalue weighted by Gasteiger charge is 2.33. The van der Waals surface area contributed by atoms with E-state index < -0.39 is 10.0 Å². The number of carbonyl (C=O) groups excluding carboxylic acids is 1. The first kappa shape index (κ1) is 19.8. The van der Waals surface area contributed by atoms with Crippen molar-refractivity contribution in [2.45, 2.75) is 18.4 Å². The summed E-state index contributed by atoms with van der Waals surface area (Å²) in [5.74, 6) is 0.714. The van der Waals surface area contributed by atoms with E-state index >= 15 is 0 Å². The Bertz CT molecular complexity index is 1080. The minimum absolute atomic E-state index is 0.00199. The number of rotatable bonds is 5. The summed E-state index contributed by atoms with van der Waals surface area (Å²) in [6, 6.07) is 13.1. The Kier molecular flexibility index (Phi) is 5.26. The van der Waals surface area contributed by atoms with Gasteiger partial charge in [0.2, 0.25) is 0 Å². The number of fused-ring (bicyclic) bond motifs is 3. The Morgan fingerprint density at radius 1 is 1.24 bits per heavy atom. The summed E-state index contributed by atoms with van der Waals surface area (Å²) in [5, 5.41) is 0.457. The maximum atomic E-state index is 12.9. The van der Waals surface area contributed by atoms with Crippen LogP contribution in [0.25, 0.3) is 0 Å². The van der Waals surface area contributed by atoms with E-state index in [1.165, 1.54) is 11.8 Å². The fourth-order valence-electron chi connectivity index (χ4n) is 3.29. The zero-order valence-corrected chi connectivity index (χ0v) is 17.8. The second-order valence-electron chi connectivity index (χ2n) is 6.83. The summed E-state index contributed by atoms with van der Waals surface area (Å²) in [6.45, 7) is 3.41. The number of amides is 1. The summed E-state index contributed by atoms with van der Waals surface area (Å²) in [7, 11) is -1.63. The molecule has 2 aromatic carbocycles. The molecule has 2 heterocycles. The Hall–Kier alpha value is -2.52. The van der Waals surface area contributed by atoms with Gasteiger partial charge in [-0.05, 0) is 54.6 Å². The molecule has 1 amide bonds. The molecule has 7 nitrogen and oxygen atoms in total. The van der Waals surface area contributed by atoms with Gasteiger partial charge in [0.15, 0.2) is 5.17 Å². The van der Waals surface area contributed by atoms with E-state index in [1.54, 1.807) is 18.0 Å². The van der Waals surface area contributed by atoms with Crippen molar-refractivity contribution in [3.8, 4) is 5.75 Å². The van der Waals surface area contributed by atoms with Gasteiger partial charge in [-0.2, -0.15) is 0 Å². The molecule has 2 aliphatic rings. The van der Waals surface area contributed by atoms with Gasteiger partial charge in [-0.15, -0.1) is 4.40 Å². The Labute approximate surface area is 174 Å². The maximum Gasteiger partial charge on any atom is 0.257 e. The third-order valence-corrected chi connectivity index (χ3v) is 7.03. The minimum atomic E-state index is -3.39. The molecular weight excluding hydrogens is 410 g/mol. The Balaban J connectivity index is 1.49. The number of nitrogens with zero attached hydrogens (tertiary/aromatic N) is 3. The Morgan fingerprint density at radius 3 is 2.72 bits per heavy atom. The second kappa shape index (κ2) is 7.72.